The fourth-order valence-corrected chi connectivity index (χ4v) is 3.23. The molecule has 0 saturated heterocycles. The molecule has 0 aliphatic heterocycles. The van der Waals surface area contributed by atoms with E-state index < -0.39 is 17.9 Å². The van der Waals surface area contributed by atoms with Gasteiger partial charge in [0.2, 0.25) is 0 Å². The first-order chi connectivity index (χ1) is 15.9. The molecule has 6 nitrogen and oxygen atoms in total. The number of nitrogens with one attached hydrogen (secondary N) is 1. The molecule has 0 unspecified atom stereocenters. The highest BCUT2D eigenvalue weighted by molar-refractivity contribution is 5.84. The zero-order valence-corrected chi connectivity index (χ0v) is 18.9. The summed E-state index contributed by atoms with van der Waals surface area (Å²) in [7, 11) is 0. The van der Waals surface area contributed by atoms with Crippen molar-refractivity contribution in [1.29, 1.82) is 0 Å². The van der Waals surface area contributed by atoms with Gasteiger partial charge in [0.25, 0.3) is 5.91 Å². The second kappa shape index (κ2) is 11.7. The van der Waals surface area contributed by atoms with Crippen LogP contribution in [0.2, 0.25) is 0 Å². The summed E-state index contributed by atoms with van der Waals surface area (Å²) >= 11 is 0. The second-order valence-electron chi connectivity index (χ2n) is 8.09. The number of hydrogen-bond donors (Lipinski definition) is 2. The van der Waals surface area contributed by atoms with Crippen molar-refractivity contribution in [3.63, 3.8) is 0 Å². The summed E-state index contributed by atoms with van der Waals surface area (Å²) in [6.07, 6.45) is 0.156. The van der Waals surface area contributed by atoms with Crippen molar-refractivity contribution in [2.45, 2.75) is 38.8 Å². The van der Waals surface area contributed by atoms with Gasteiger partial charge in [-0.05, 0) is 46.9 Å². The van der Waals surface area contributed by atoms with Crippen molar-refractivity contribution in [2.24, 2.45) is 0 Å². The van der Waals surface area contributed by atoms with E-state index in [2.05, 4.69) is 19.2 Å². The molecular weight excluding hydrogens is 418 g/mol. The highest BCUT2D eigenvalue weighted by atomic mass is 16.5. The van der Waals surface area contributed by atoms with E-state index in [9.17, 15) is 14.7 Å². The molecule has 0 radical (unpaired) electrons. The Balaban J connectivity index is 1.49. The van der Waals surface area contributed by atoms with Crippen molar-refractivity contribution >= 4 is 11.9 Å². The maximum Gasteiger partial charge on any atom is 0.326 e. The summed E-state index contributed by atoms with van der Waals surface area (Å²) in [5, 5.41) is 12.1. The predicted molar refractivity (Wildman–Crippen MR) is 127 cm³/mol. The van der Waals surface area contributed by atoms with Crippen molar-refractivity contribution in [3.8, 4) is 11.5 Å². The number of carbonyl (C=O) groups is 2. The molecule has 33 heavy (non-hydrogen) atoms. The van der Waals surface area contributed by atoms with E-state index in [-0.39, 0.29) is 13.0 Å². The first-order valence-electron chi connectivity index (χ1n) is 10.9. The van der Waals surface area contributed by atoms with Crippen LogP contribution in [-0.2, 0) is 22.6 Å². The summed E-state index contributed by atoms with van der Waals surface area (Å²) in [5.41, 5.74) is 3.02. The maximum absolute atomic E-state index is 12.3. The lowest BCUT2D eigenvalue weighted by molar-refractivity contribution is -0.142. The lowest BCUT2D eigenvalue weighted by Crippen LogP contribution is -2.44. The number of carboxylic acid groups (broad SMARTS) is 1. The van der Waals surface area contributed by atoms with Crippen LogP contribution in [0.4, 0.5) is 0 Å². The van der Waals surface area contributed by atoms with Gasteiger partial charge < -0.3 is 19.9 Å². The summed E-state index contributed by atoms with van der Waals surface area (Å²) in [6.45, 7) is 4.40. The number of carbonyl (C=O) groups excluding carboxylic acids is 1. The van der Waals surface area contributed by atoms with Crippen LogP contribution in [0.15, 0.2) is 78.9 Å². The van der Waals surface area contributed by atoms with Gasteiger partial charge in [0.05, 0.1) is 0 Å². The van der Waals surface area contributed by atoms with E-state index in [4.69, 9.17) is 9.47 Å². The van der Waals surface area contributed by atoms with Gasteiger partial charge in [-0.25, -0.2) is 4.79 Å². The van der Waals surface area contributed by atoms with Crippen LogP contribution in [0, 0.1) is 0 Å². The summed E-state index contributed by atoms with van der Waals surface area (Å²) in [6, 6.07) is 23.5. The third kappa shape index (κ3) is 7.68. The van der Waals surface area contributed by atoms with Crippen molar-refractivity contribution in [3.05, 3.63) is 95.6 Å². The quantitative estimate of drug-likeness (QED) is 0.449. The molecule has 6 heteroatoms. The Labute approximate surface area is 194 Å². The fraction of sp³-hybridized carbons (Fsp3) is 0.259. The monoisotopic (exact) mass is 447 g/mol. The van der Waals surface area contributed by atoms with Crippen LogP contribution in [-0.4, -0.2) is 29.6 Å². The zero-order chi connectivity index (χ0) is 23.6. The van der Waals surface area contributed by atoms with Crippen molar-refractivity contribution < 1.29 is 24.2 Å². The van der Waals surface area contributed by atoms with Crippen LogP contribution in [0.3, 0.4) is 0 Å². The van der Waals surface area contributed by atoms with E-state index in [1.807, 2.05) is 42.5 Å². The molecule has 0 heterocycles. The first-order valence-corrected chi connectivity index (χ1v) is 10.9. The molecule has 0 aliphatic rings. The average molecular weight is 448 g/mol. The molecule has 0 saturated carbocycles. The van der Waals surface area contributed by atoms with Gasteiger partial charge in [-0.3, -0.25) is 4.79 Å². The second-order valence-corrected chi connectivity index (χ2v) is 8.09. The SMILES string of the molecule is CC(C)c1ccc(OCC(=O)N[C@@H](Cc2ccc(OCc3ccccc3)cc2)C(=O)O)cc1. The minimum absolute atomic E-state index is 0.156. The molecule has 172 valence electrons. The third-order valence-corrected chi connectivity index (χ3v) is 5.16. The maximum atomic E-state index is 12.3. The molecule has 0 spiro atoms. The zero-order valence-electron chi connectivity index (χ0n) is 18.9. The number of hydrogen-bond acceptors (Lipinski definition) is 4. The lowest BCUT2D eigenvalue weighted by Gasteiger charge is -2.15. The van der Waals surface area contributed by atoms with Gasteiger partial charge in [-0.15, -0.1) is 0 Å². The normalized spacial score (nSPS) is 11.6. The van der Waals surface area contributed by atoms with Crippen molar-refractivity contribution in [1.82, 2.24) is 5.32 Å². The number of amides is 1. The van der Waals surface area contributed by atoms with E-state index >= 15 is 0 Å². The van der Waals surface area contributed by atoms with E-state index in [1.165, 1.54) is 5.56 Å². The van der Waals surface area contributed by atoms with E-state index in [1.54, 1.807) is 36.4 Å². The molecule has 3 rings (SSSR count). The highest BCUT2D eigenvalue weighted by Crippen LogP contribution is 2.19. The lowest BCUT2D eigenvalue weighted by atomic mass is 10.0. The average Bonchev–Trinajstić information content (AvgIpc) is 2.82. The van der Waals surface area contributed by atoms with Gasteiger partial charge in [-0.2, -0.15) is 0 Å². The summed E-state index contributed by atoms with van der Waals surface area (Å²) in [4.78, 5) is 23.9. The molecule has 3 aromatic rings. The number of rotatable bonds is 11. The van der Waals surface area contributed by atoms with Gasteiger partial charge in [0, 0.05) is 6.42 Å². The molecule has 0 bridgehead atoms. The van der Waals surface area contributed by atoms with Gasteiger partial charge in [0.15, 0.2) is 6.61 Å². The van der Waals surface area contributed by atoms with Gasteiger partial charge in [0.1, 0.15) is 24.1 Å². The number of carboxylic acids is 1. The van der Waals surface area contributed by atoms with Crippen LogP contribution in [0.1, 0.15) is 36.5 Å². The minimum atomic E-state index is -1.10. The first kappa shape index (κ1) is 23.9. The fourth-order valence-electron chi connectivity index (χ4n) is 3.23. The molecule has 1 atom stereocenters. The molecule has 0 fully saturated rings. The molecule has 0 aromatic heterocycles. The molecule has 1 amide bonds. The Morgan fingerprint density at radius 2 is 1.42 bits per heavy atom. The summed E-state index contributed by atoms with van der Waals surface area (Å²) in [5.74, 6) is 0.0678. The van der Waals surface area contributed by atoms with Gasteiger partial charge in [-0.1, -0.05) is 68.4 Å². The topological polar surface area (TPSA) is 84.9 Å². The standard InChI is InChI=1S/C27H29NO5/c1-19(2)22-10-14-24(15-11-22)33-18-26(29)28-25(27(30)31)16-20-8-12-23(13-9-20)32-17-21-6-4-3-5-7-21/h3-15,19,25H,16-18H2,1-2H3,(H,28,29)(H,30,31)/t25-/m0/s1. The van der Waals surface area contributed by atoms with Crippen LogP contribution < -0.4 is 14.8 Å². The molecule has 0 aliphatic carbocycles. The minimum Gasteiger partial charge on any atom is -0.489 e. The smallest absolute Gasteiger partial charge is 0.326 e. The Hall–Kier alpha value is -3.80. The Bertz CT molecular complexity index is 1030. The Morgan fingerprint density at radius 3 is 2.03 bits per heavy atom. The predicted octanol–water partition coefficient (Wildman–Crippen LogP) is 4.58. The molecular formula is C27H29NO5. The van der Waals surface area contributed by atoms with Crippen molar-refractivity contribution in [2.75, 3.05) is 6.61 Å². The van der Waals surface area contributed by atoms with Crippen LogP contribution in [0.25, 0.3) is 0 Å². The Morgan fingerprint density at radius 1 is 0.818 bits per heavy atom. The number of benzene rings is 3. The molecule has 3 aromatic carbocycles. The number of aliphatic carboxylic acids is 1. The van der Waals surface area contributed by atoms with Gasteiger partial charge >= 0.3 is 5.97 Å². The van der Waals surface area contributed by atoms with E-state index in [0.717, 1.165) is 11.1 Å². The van der Waals surface area contributed by atoms with E-state index in [0.29, 0.717) is 24.0 Å². The molecule has 2 N–H and O–H groups in total. The largest absolute Gasteiger partial charge is 0.489 e. The highest BCUT2D eigenvalue weighted by Gasteiger charge is 2.20. The Kier molecular flexibility index (Phi) is 8.47. The summed E-state index contributed by atoms with van der Waals surface area (Å²) < 4.78 is 11.2. The van der Waals surface area contributed by atoms with Crippen LogP contribution >= 0.6 is 0 Å². The third-order valence-electron chi connectivity index (χ3n) is 5.16. The van der Waals surface area contributed by atoms with Crippen LogP contribution in [0.5, 0.6) is 11.5 Å². The number of ether oxygens (including phenoxy) is 2.